The molecule has 0 aliphatic rings. The molecule has 1 atom stereocenters. The first-order chi connectivity index (χ1) is 8.45. The summed E-state index contributed by atoms with van der Waals surface area (Å²) in [7, 11) is 0. The van der Waals surface area contributed by atoms with Crippen LogP contribution in [0.2, 0.25) is 0 Å². The summed E-state index contributed by atoms with van der Waals surface area (Å²) in [6.45, 7) is 4.19. The molecule has 0 saturated carbocycles. The lowest BCUT2D eigenvalue weighted by molar-refractivity contribution is -0.141. The van der Waals surface area contributed by atoms with Crippen LogP contribution in [0.4, 0.5) is 0 Å². The average molecular weight is 361 g/mol. The first-order valence-electron chi connectivity index (χ1n) is 5.73. The quantitative estimate of drug-likeness (QED) is 0.820. The van der Waals surface area contributed by atoms with Crippen molar-refractivity contribution >= 4 is 34.5 Å². The highest BCUT2D eigenvalue weighted by Crippen LogP contribution is 2.11. The van der Waals surface area contributed by atoms with Gasteiger partial charge in [0.2, 0.25) is 0 Å². The summed E-state index contributed by atoms with van der Waals surface area (Å²) in [6, 6.07) is 7.28. The summed E-state index contributed by atoms with van der Waals surface area (Å²) < 4.78 is 0.987. The lowest BCUT2D eigenvalue weighted by Crippen LogP contribution is -2.36. The van der Waals surface area contributed by atoms with Crippen LogP contribution in [-0.4, -0.2) is 35.0 Å². The van der Waals surface area contributed by atoms with Gasteiger partial charge in [-0.25, -0.2) is 0 Å². The highest BCUT2D eigenvalue weighted by Gasteiger charge is 2.20. The van der Waals surface area contributed by atoms with Gasteiger partial charge < -0.3 is 10.0 Å². The summed E-state index contributed by atoms with van der Waals surface area (Å²) in [5.41, 5.74) is 0.598. The van der Waals surface area contributed by atoms with Crippen LogP contribution in [0.15, 0.2) is 24.3 Å². The lowest BCUT2D eigenvalue weighted by atomic mass is 10.1. The fourth-order valence-corrected chi connectivity index (χ4v) is 2.11. The van der Waals surface area contributed by atoms with Crippen LogP contribution in [0.25, 0.3) is 0 Å². The molecule has 0 radical (unpaired) electrons. The van der Waals surface area contributed by atoms with Gasteiger partial charge in [-0.2, -0.15) is 0 Å². The topological polar surface area (TPSA) is 57.6 Å². The van der Waals surface area contributed by atoms with Crippen molar-refractivity contribution in [3.63, 3.8) is 0 Å². The van der Waals surface area contributed by atoms with Gasteiger partial charge in [0.1, 0.15) is 0 Å². The molecule has 98 valence electrons. The molecular formula is C13H16INO3. The maximum atomic E-state index is 12.2. The van der Waals surface area contributed by atoms with Gasteiger partial charge in [-0.15, -0.1) is 0 Å². The van der Waals surface area contributed by atoms with Crippen molar-refractivity contribution in [2.75, 3.05) is 13.1 Å². The highest BCUT2D eigenvalue weighted by molar-refractivity contribution is 14.1. The van der Waals surface area contributed by atoms with Crippen molar-refractivity contribution < 1.29 is 14.7 Å². The Morgan fingerprint density at radius 2 is 2.11 bits per heavy atom. The predicted molar refractivity (Wildman–Crippen MR) is 77.5 cm³/mol. The molecule has 18 heavy (non-hydrogen) atoms. The number of benzene rings is 1. The molecule has 0 fully saturated rings. The third-order valence-corrected chi connectivity index (χ3v) is 3.33. The Labute approximate surface area is 120 Å². The normalized spacial score (nSPS) is 11.9. The van der Waals surface area contributed by atoms with Crippen molar-refractivity contribution in [3.8, 4) is 0 Å². The second kappa shape index (κ2) is 6.72. The van der Waals surface area contributed by atoms with Crippen molar-refractivity contribution in [2.45, 2.75) is 13.8 Å². The van der Waals surface area contributed by atoms with Crippen LogP contribution in [0.5, 0.6) is 0 Å². The second-order valence-corrected chi connectivity index (χ2v) is 5.34. The zero-order chi connectivity index (χ0) is 13.7. The number of carbonyl (C=O) groups is 2. The van der Waals surface area contributed by atoms with Crippen LogP contribution in [0.1, 0.15) is 24.2 Å². The molecule has 0 spiro atoms. The lowest BCUT2D eigenvalue weighted by Gasteiger charge is -2.23. The van der Waals surface area contributed by atoms with Crippen LogP contribution in [0, 0.1) is 9.49 Å². The SMILES string of the molecule is CCN(CC(C)C(=O)O)C(=O)c1cccc(I)c1. The number of amides is 1. The van der Waals surface area contributed by atoms with Crippen molar-refractivity contribution in [1.29, 1.82) is 0 Å². The predicted octanol–water partition coefficient (Wildman–Crippen LogP) is 2.47. The van der Waals surface area contributed by atoms with E-state index < -0.39 is 11.9 Å². The van der Waals surface area contributed by atoms with Gasteiger partial charge in [-0.3, -0.25) is 9.59 Å². The molecule has 0 bridgehead atoms. The first-order valence-corrected chi connectivity index (χ1v) is 6.81. The minimum atomic E-state index is -0.885. The smallest absolute Gasteiger partial charge is 0.308 e. The summed E-state index contributed by atoms with van der Waals surface area (Å²) >= 11 is 2.15. The van der Waals surface area contributed by atoms with Gasteiger partial charge in [0.15, 0.2) is 0 Å². The van der Waals surface area contributed by atoms with Gasteiger partial charge in [0.25, 0.3) is 5.91 Å². The first kappa shape index (κ1) is 14.9. The van der Waals surface area contributed by atoms with E-state index in [1.807, 2.05) is 19.1 Å². The standard InChI is InChI=1S/C13H16INO3/c1-3-15(8-9(2)13(17)18)12(16)10-5-4-6-11(14)7-10/h4-7,9H,3,8H2,1-2H3,(H,17,18). The average Bonchev–Trinajstić information content (AvgIpc) is 2.34. The molecule has 0 aliphatic heterocycles. The third kappa shape index (κ3) is 3.97. The van der Waals surface area contributed by atoms with Crippen molar-refractivity contribution in [2.24, 2.45) is 5.92 Å². The van der Waals surface area contributed by atoms with Crippen molar-refractivity contribution in [3.05, 3.63) is 33.4 Å². The number of nitrogens with zero attached hydrogens (tertiary/aromatic N) is 1. The van der Waals surface area contributed by atoms with E-state index in [-0.39, 0.29) is 12.5 Å². The van der Waals surface area contributed by atoms with Crippen LogP contribution < -0.4 is 0 Å². The largest absolute Gasteiger partial charge is 0.481 e. The van der Waals surface area contributed by atoms with Crippen LogP contribution >= 0.6 is 22.6 Å². The number of carbonyl (C=O) groups excluding carboxylic acids is 1. The fourth-order valence-electron chi connectivity index (χ4n) is 1.57. The maximum Gasteiger partial charge on any atom is 0.308 e. The molecule has 0 heterocycles. The molecular weight excluding hydrogens is 345 g/mol. The Morgan fingerprint density at radius 1 is 1.44 bits per heavy atom. The summed E-state index contributed by atoms with van der Waals surface area (Å²) in [5, 5.41) is 8.88. The molecule has 5 heteroatoms. The van der Waals surface area contributed by atoms with Gasteiger partial charge in [0.05, 0.1) is 5.92 Å². The summed E-state index contributed by atoms with van der Waals surface area (Å²) in [6.07, 6.45) is 0. The molecule has 1 aromatic carbocycles. The zero-order valence-corrected chi connectivity index (χ0v) is 12.5. The van der Waals surface area contributed by atoms with Crippen LogP contribution in [-0.2, 0) is 4.79 Å². The Bertz CT molecular complexity index is 448. The molecule has 1 rings (SSSR count). The second-order valence-electron chi connectivity index (χ2n) is 4.09. The van der Waals surface area contributed by atoms with E-state index in [1.165, 1.54) is 0 Å². The van der Waals surface area contributed by atoms with E-state index >= 15 is 0 Å². The van der Waals surface area contributed by atoms with E-state index in [2.05, 4.69) is 22.6 Å². The maximum absolute atomic E-state index is 12.2. The molecule has 1 N–H and O–H groups in total. The molecule has 1 amide bonds. The van der Waals surface area contributed by atoms with Gasteiger partial charge in [0, 0.05) is 22.2 Å². The Hall–Kier alpha value is -1.11. The Morgan fingerprint density at radius 3 is 2.61 bits per heavy atom. The molecule has 1 unspecified atom stereocenters. The van der Waals surface area contributed by atoms with E-state index in [4.69, 9.17) is 5.11 Å². The summed E-state index contributed by atoms with van der Waals surface area (Å²) in [4.78, 5) is 24.6. The van der Waals surface area contributed by atoms with E-state index in [1.54, 1.807) is 24.0 Å². The van der Waals surface area contributed by atoms with E-state index in [9.17, 15) is 9.59 Å². The summed E-state index contributed by atoms with van der Waals surface area (Å²) in [5.74, 6) is -1.57. The zero-order valence-electron chi connectivity index (χ0n) is 10.4. The monoisotopic (exact) mass is 361 g/mol. The molecule has 0 aliphatic carbocycles. The number of carboxylic acid groups (broad SMARTS) is 1. The fraction of sp³-hybridized carbons (Fsp3) is 0.385. The van der Waals surface area contributed by atoms with Crippen molar-refractivity contribution in [1.82, 2.24) is 4.90 Å². The Balaban J connectivity index is 2.82. The van der Waals surface area contributed by atoms with Gasteiger partial charge in [-0.1, -0.05) is 13.0 Å². The number of carboxylic acids is 1. The minimum Gasteiger partial charge on any atom is -0.481 e. The molecule has 0 aromatic heterocycles. The highest BCUT2D eigenvalue weighted by atomic mass is 127. The number of halogens is 1. The molecule has 4 nitrogen and oxygen atoms in total. The van der Waals surface area contributed by atoms with E-state index in [0.717, 1.165) is 3.57 Å². The molecule has 0 saturated heterocycles. The van der Waals surface area contributed by atoms with Gasteiger partial charge >= 0.3 is 5.97 Å². The number of rotatable bonds is 5. The number of aliphatic carboxylic acids is 1. The third-order valence-electron chi connectivity index (χ3n) is 2.66. The minimum absolute atomic E-state index is 0.121. The number of hydrogen-bond acceptors (Lipinski definition) is 2. The van der Waals surface area contributed by atoms with Gasteiger partial charge in [-0.05, 0) is 47.7 Å². The van der Waals surface area contributed by atoms with Crippen LogP contribution in [0.3, 0.4) is 0 Å². The Kier molecular flexibility index (Phi) is 5.58. The van der Waals surface area contributed by atoms with E-state index in [0.29, 0.717) is 12.1 Å². The molecule has 1 aromatic rings. The number of hydrogen-bond donors (Lipinski definition) is 1.